The van der Waals surface area contributed by atoms with Gasteiger partial charge in [-0.25, -0.2) is 0 Å². The van der Waals surface area contributed by atoms with E-state index in [-0.39, 0.29) is 0 Å². The van der Waals surface area contributed by atoms with E-state index in [1.807, 2.05) is 6.08 Å². The van der Waals surface area contributed by atoms with Crippen LogP contribution < -0.4 is 0 Å². The summed E-state index contributed by atoms with van der Waals surface area (Å²) in [6.07, 6.45) is 16.3. The molecule has 0 saturated carbocycles. The molecule has 0 atom stereocenters. The smallest absolute Gasteiger partial charge is 0.0280 e. The topological polar surface area (TPSA) is 0 Å². The Labute approximate surface area is 121 Å². The van der Waals surface area contributed by atoms with Crippen LogP contribution in [-0.2, 0) is 0 Å². The summed E-state index contributed by atoms with van der Waals surface area (Å²) in [6.45, 7) is 12.8. The summed E-state index contributed by atoms with van der Waals surface area (Å²) in [5.74, 6) is 0. The van der Waals surface area contributed by atoms with Gasteiger partial charge in [0.2, 0.25) is 0 Å². The van der Waals surface area contributed by atoms with Gasteiger partial charge in [-0.05, 0) is 64.9 Å². The van der Waals surface area contributed by atoms with Gasteiger partial charge in [0.25, 0.3) is 0 Å². The average molecular weight is 262 g/mol. The maximum atomic E-state index is 3.89. The third-order valence-corrected chi connectivity index (χ3v) is 3.71. The van der Waals surface area contributed by atoms with E-state index in [9.17, 15) is 0 Å². The van der Waals surface area contributed by atoms with E-state index < -0.39 is 0 Å². The highest BCUT2D eigenvalue weighted by molar-refractivity contribution is 5.21. The quantitative estimate of drug-likeness (QED) is 0.214. The van der Waals surface area contributed by atoms with Crippen molar-refractivity contribution < 1.29 is 0 Å². The fourth-order valence-electron chi connectivity index (χ4n) is 2.30. The van der Waals surface area contributed by atoms with Crippen LogP contribution in [0.4, 0.5) is 0 Å². The van der Waals surface area contributed by atoms with Gasteiger partial charge in [0.1, 0.15) is 0 Å². The van der Waals surface area contributed by atoms with Crippen LogP contribution in [0.5, 0.6) is 0 Å². The van der Waals surface area contributed by atoms with Crippen LogP contribution in [0.3, 0.4) is 0 Å². The van der Waals surface area contributed by atoms with Crippen LogP contribution in [0.1, 0.15) is 85.5 Å². The summed E-state index contributed by atoms with van der Waals surface area (Å²) in [5.41, 5.74) is 4.44. The molecular weight excluding hydrogens is 228 g/mol. The first-order valence-corrected chi connectivity index (χ1v) is 8.06. The van der Waals surface area contributed by atoms with Crippen LogP contribution >= 0.6 is 0 Å². The minimum Gasteiger partial charge on any atom is -0.0988 e. The van der Waals surface area contributed by atoms with Crippen molar-refractivity contribution in [2.75, 3.05) is 0 Å². The zero-order valence-corrected chi connectivity index (χ0v) is 13.7. The number of rotatable bonds is 11. The SMILES string of the molecule is C=CC(CCCCCC(C)=CCCCCC)=C(C)C. The Hall–Kier alpha value is -0.780. The predicted octanol–water partition coefficient (Wildman–Crippen LogP) is 6.99. The summed E-state index contributed by atoms with van der Waals surface area (Å²) in [4.78, 5) is 0. The number of unbranched alkanes of at least 4 members (excludes halogenated alkanes) is 5. The van der Waals surface area contributed by atoms with Gasteiger partial charge in [-0.15, -0.1) is 0 Å². The molecule has 0 aromatic carbocycles. The first-order valence-electron chi connectivity index (χ1n) is 8.06. The minimum atomic E-state index is 1.20. The van der Waals surface area contributed by atoms with Gasteiger partial charge in [0.05, 0.1) is 0 Å². The van der Waals surface area contributed by atoms with E-state index in [0.717, 1.165) is 0 Å². The molecule has 0 aromatic heterocycles. The van der Waals surface area contributed by atoms with Crippen molar-refractivity contribution in [1.29, 1.82) is 0 Å². The molecule has 0 aliphatic heterocycles. The van der Waals surface area contributed by atoms with Crippen molar-refractivity contribution in [2.24, 2.45) is 0 Å². The molecular formula is C19H34. The van der Waals surface area contributed by atoms with Crippen LogP contribution in [0.15, 0.2) is 35.5 Å². The van der Waals surface area contributed by atoms with Crippen LogP contribution in [-0.4, -0.2) is 0 Å². The van der Waals surface area contributed by atoms with E-state index in [1.165, 1.54) is 68.9 Å². The van der Waals surface area contributed by atoms with Crippen molar-refractivity contribution in [3.8, 4) is 0 Å². The lowest BCUT2D eigenvalue weighted by atomic mass is 10.0. The first-order chi connectivity index (χ1) is 9.11. The molecule has 0 nitrogen and oxygen atoms in total. The second-order valence-corrected chi connectivity index (χ2v) is 5.84. The van der Waals surface area contributed by atoms with Crippen LogP contribution in [0.25, 0.3) is 0 Å². The highest BCUT2D eigenvalue weighted by atomic mass is 14.0. The molecule has 0 N–H and O–H groups in total. The molecule has 0 amide bonds. The highest BCUT2D eigenvalue weighted by Crippen LogP contribution is 2.16. The van der Waals surface area contributed by atoms with Crippen molar-refractivity contribution in [3.05, 3.63) is 35.5 Å². The Kier molecular flexibility index (Phi) is 11.8. The average Bonchev–Trinajstić information content (AvgIpc) is 2.38. The zero-order chi connectivity index (χ0) is 14.5. The normalized spacial score (nSPS) is 11.5. The second-order valence-electron chi connectivity index (χ2n) is 5.84. The maximum Gasteiger partial charge on any atom is -0.0280 e. The fourth-order valence-corrected chi connectivity index (χ4v) is 2.30. The monoisotopic (exact) mass is 262 g/mol. The molecule has 0 radical (unpaired) electrons. The van der Waals surface area contributed by atoms with Crippen LogP contribution in [0, 0.1) is 0 Å². The molecule has 0 fully saturated rings. The van der Waals surface area contributed by atoms with Gasteiger partial charge in [0.15, 0.2) is 0 Å². The molecule has 110 valence electrons. The third-order valence-electron chi connectivity index (χ3n) is 3.71. The van der Waals surface area contributed by atoms with Crippen molar-refractivity contribution >= 4 is 0 Å². The second kappa shape index (κ2) is 12.3. The standard InChI is InChI=1S/C19H34/c1-6-8-9-11-14-18(5)15-12-10-13-16-19(7-2)17(3)4/h7,14H,2,6,8-13,15-16H2,1,3-5H3. The predicted molar refractivity (Wildman–Crippen MR) is 89.6 cm³/mol. The van der Waals surface area contributed by atoms with E-state index in [2.05, 4.69) is 40.3 Å². The number of hydrogen-bond acceptors (Lipinski definition) is 0. The summed E-state index contributed by atoms with van der Waals surface area (Å²) in [6, 6.07) is 0. The zero-order valence-electron chi connectivity index (χ0n) is 13.7. The van der Waals surface area contributed by atoms with E-state index in [4.69, 9.17) is 0 Å². The van der Waals surface area contributed by atoms with Crippen LogP contribution in [0.2, 0.25) is 0 Å². The lowest BCUT2D eigenvalue weighted by Crippen LogP contribution is -1.85. The van der Waals surface area contributed by atoms with Gasteiger partial charge in [-0.1, -0.05) is 56.1 Å². The molecule has 0 bridgehead atoms. The molecule has 0 spiro atoms. The molecule has 0 aliphatic carbocycles. The minimum absolute atomic E-state index is 1.20. The summed E-state index contributed by atoms with van der Waals surface area (Å²) in [7, 11) is 0. The number of allylic oxidation sites excluding steroid dienone is 5. The molecule has 0 heteroatoms. The summed E-state index contributed by atoms with van der Waals surface area (Å²) in [5, 5.41) is 0. The van der Waals surface area contributed by atoms with Gasteiger partial charge in [-0.2, -0.15) is 0 Å². The summed E-state index contributed by atoms with van der Waals surface area (Å²) < 4.78 is 0. The fraction of sp³-hybridized carbons (Fsp3) is 0.684. The van der Waals surface area contributed by atoms with E-state index in [0.29, 0.717) is 0 Å². The lowest BCUT2D eigenvalue weighted by Gasteiger charge is -2.05. The van der Waals surface area contributed by atoms with E-state index >= 15 is 0 Å². The Bertz CT molecular complexity index is 287. The Morgan fingerprint density at radius 3 is 2.16 bits per heavy atom. The van der Waals surface area contributed by atoms with Gasteiger partial charge >= 0.3 is 0 Å². The third kappa shape index (κ3) is 10.8. The molecule has 19 heavy (non-hydrogen) atoms. The Morgan fingerprint density at radius 1 is 0.895 bits per heavy atom. The molecule has 0 rings (SSSR count). The van der Waals surface area contributed by atoms with E-state index in [1.54, 1.807) is 5.57 Å². The molecule has 0 unspecified atom stereocenters. The highest BCUT2D eigenvalue weighted by Gasteiger charge is 1.96. The van der Waals surface area contributed by atoms with Crippen molar-refractivity contribution in [1.82, 2.24) is 0 Å². The van der Waals surface area contributed by atoms with Crippen molar-refractivity contribution in [3.63, 3.8) is 0 Å². The maximum absolute atomic E-state index is 3.89. The molecule has 0 aromatic rings. The summed E-state index contributed by atoms with van der Waals surface area (Å²) >= 11 is 0. The lowest BCUT2D eigenvalue weighted by molar-refractivity contribution is 0.671. The molecule has 0 heterocycles. The van der Waals surface area contributed by atoms with Gasteiger partial charge < -0.3 is 0 Å². The van der Waals surface area contributed by atoms with Crippen molar-refractivity contribution in [2.45, 2.75) is 85.5 Å². The molecule has 0 saturated heterocycles. The largest absolute Gasteiger partial charge is 0.0988 e. The molecule has 0 aliphatic rings. The van der Waals surface area contributed by atoms with Gasteiger partial charge in [-0.3, -0.25) is 0 Å². The Balaban J connectivity index is 3.63. The van der Waals surface area contributed by atoms with Gasteiger partial charge in [0, 0.05) is 0 Å². The first kappa shape index (κ1) is 18.2. The Morgan fingerprint density at radius 2 is 1.58 bits per heavy atom. The number of hydrogen-bond donors (Lipinski definition) is 0.